The van der Waals surface area contributed by atoms with Gasteiger partial charge in [0.2, 0.25) is 0 Å². The summed E-state index contributed by atoms with van der Waals surface area (Å²) in [5.41, 5.74) is 0.781. The molecule has 1 amide bonds. The van der Waals surface area contributed by atoms with Crippen LogP contribution in [0.15, 0.2) is 33.5 Å². The molecule has 1 aromatic carbocycles. The SMILES string of the molecule is CCc1cc(=O)oc2cc(O[C@H](C)C(=O)NCC(=O)[O-])ccc12. The number of amides is 1. The first-order valence-corrected chi connectivity index (χ1v) is 7.11. The molecule has 0 unspecified atom stereocenters. The van der Waals surface area contributed by atoms with Gasteiger partial charge < -0.3 is 24.4 Å². The maximum absolute atomic E-state index is 11.7. The Morgan fingerprint density at radius 3 is 2.74 bits per heavy atom. The van der Waals surface area contributed by atoms with Crippen LogP contribution in [0.25, 0.3) is 11.0 Å². The number of aryl methyl sites for hydroxylation is 1. The molecule has 2 rings (SSSR count). The fourth-order valence-electron chi connectivity index (χ4n) is 2.14. The van der Waals surface area contributed by atoms with Gasteiger partial charge in [-0.2, -0.15) is 0 Å². The molecule has 0 aliphatic carbocycles. The van der Waals surface area contributed by atoms with Crippen LogP contribution in [0.5, 0.6) is 5.75 Å². The molecule has 0 saturated carbocycles. The van der Waals surface area contributed by atoms with Gasteiger partial charge in [0.15, 0.2) is 6.10 Å². The lowest BCUT2D eigenvalue weighted by molar-refractivity contribution is -0.304. The lowest BCUT2D eigenvalue weighted by Gasteiger charge is -2.15. The number of hydrogen-bond acceptors (Lipinski definition) is 6. The minimum Gasteiger partial charge on any atom is -0.548 e. The van der Waals surface area contributed by atoms with Gasteiger partial charge in [-0.1, -0.05) is 6.92 Å². The van der Waals surface area contributed by atoms with Crippen LogP contribution in [0.2, 0.25) is 0 Å². The van der Waals surface area contributed by atoms with Gasteiger partial charge in [0.25, 0.3) is 5.91 Å². The Balaban J connectivity index is 2.19. The topological polar surface area (TPSA) is 109 Å². The van der Waals surface area contributed by atoms with Gasteiger partial charge in [-0.05, 0) is 31.0 Å². The zero-order chi connectivity index (χ0) is 17.0. The molecule has 0 aliphatic heterocycles. The number of benzene rings is 1. The fraction of sp³-hybridized carbons (Fsp3) is 0.312. The minimum atomic E-state index is -1.38. The summed E-state index contributed by atoms with van der Waals surface area (Å²) in [5.74, 6) is -1.63. The number of hydrogen-bond donors (Lipinski definition) is 1. The highest BCUT2D eigenvalue weighted by Crippen LogP contribution is 2.23. The van der Waals surface area contributed by atoms with E-state index < -0.39 is 30.2 Å². The Morgan fingerprint density at radius 2 is 2.09 bits per heavy atom. The molecule has 7 nitrogen and oxygen atoms in total. The van der Waals surface area contributed by atoms with Crippen molar-refractivity contribution >= 4 is 22.8 Å². The molecule has 0 aliphatic rings. The number of aliphatic carboxylic acids is 1. The average molecular weight is 318 g/mol. The number of ether oxygens (including phenoxy) is 1. The van der Waals surface area contributed by atoms with E-state index in [1.807, 2.05) is 6.92 Å². The van der Waals surface area contributed by atoms with Crippen molar-refractivity contribution in [3.63, 3.8) is 0 Å². The van der Waals surface area contributed by atoms with Crippen LogP contribution in [0.3, 0.4) is 0 Å². The summed E-state index contributed by atoms with van der Waals surface area (Å²) in [7, 11) is 0. The second kappa shape index (κ2) is 6.95. The molecule has 0 radical (unpaired) electrons. The zero-order valence-electron chi connectivity index (χ0n) is 12.8. The molecular formula is C16H16NO6-. The third-order valence-corrected chi connectivity index (χ3v) is 3.27. The van der Waals surface area contributed by atoms with Crippen molar-refractivity contribution in [1.82, 2.24) is 5.32 Å². The number of carboxylic acid groups (broad SMARTS) is 1. The number of nitrogens with one attached hydrogen (secondary N) is 1. The molecule has 0 saturated heterocycles. The van der Waals surface area contributed by atoms with E-state index in [1.165, 1.54) is 19.1 Å². The van der Waals surface area contributed by atoms with Crippen molar-refractivity contribution in [2.24, 2.45) is 0 Å². The van der Waals surface area contributed by atoms with E-state index in [4.69, 9.17) is 9.15 Å². The van der Waals surface area contributed by atoms with Crippen molar-refractivity contribution in [2.45, 2.75) is 26.4 Å². The van der Waals surface area contributed by atoms with Gasteiger partial charge in [0.1, 0.15) is 11.3 Å². The van der Waals surface area contributed by atoms with Crippen molar-refractivity contribution in [3.05, 3.63) is 40.2 Å². The summed E-state index contributed by atoms with van der Waals surface area (Å²) >= 11 is 0. The molecule has 122 valence electrons. The highest BCUT2D eigenvalue weighted by atomic mass is 16.5. The molecule has 2 aromatic rings. The first-order chi connectivity index (χ1) is 10.9. The van der Waals surface area contributed by atoms with Crippen LogP contribution < -0.4 is 20.8 Å². The predicted molar refractivity (Wildman–Crippen MR) is 80.0 cm³/mol. The maximum Gasteiger partial charge on any atom is 0.336 e. The van der Waals surface area contributed by atoms with E-state index in [0.29, 0.717) is 17.8 Å². The maximum atomic E-state index is 11.7. The van der Waals surface area contributed by atoms with Gasteiger partial charge in [0.05, 0.1) is 12.5 Å². The lowest BCUT2D eigenvalue weighted by Crippen LogP contribution is -2.43. The summed E-state index contributed by atoms with van der Waals surface area (Å²) in [5, 5.41) is 13.3. The smallest absolute Gasteiger partial charge is 0.336 e. The molecular weight excluding hydrogens is 302 g/mol. The van der Waals surface area contributed by atoms with Crippen molar-refractivity contribution in [3.8, 4) is 5.75 Å². The van der Waals surface area contributed by atoms with E-state index in [0.717, 1.165) is 10.9 Å². The van der Waals surface area contributed by atoms with Gasteiger partial charge >= 0.3 is 5.63 Å². The summed E-state index contributed by atoms with van der Waals surface area (Å²) in [4.78, 5) is 33.5. The number of carbonyl (C=O) groups is 2. The number of fused-ring (bicyclic) bond motifs is 1. The van der Waals surface area contributed by atoms with E-state index >= 15 is 0 Å². The fourth-order valence-corrected chi connectivity index (χ4v) is 2.14. The Bertz CT molecular complexity index is 795. The molecule has 7 heteroatoms. The van der Waals surface area contributed by atoms with Crippen molar-refractivity contribution < 1.29 is 23.8 Å². The van der Waals surface area contributed by atoms with Gasteiger partial charge in [0, 0.05) is 17.5 Å². The van der Waals surface area contributed by atoms with Crippen LogP contribution in [-0.2, 0) is 16.0 Å². The minimum absolute atomic E-state index is 0.338. The largest absolute Gasteiger partial charge is 0.548 e. The Kier molecular flexibility index (Phi) is 5.00. The highest BCUT2D eigenvalue weighted by Gasteiger charge is 2.15. The summed E-state index contributed by atoms with van der Waals surface area (Å²) in [6, 6.07) is 6.37. The van der Waals surface area contributed by atoms with Gasteiger partial charge in [-0.25, -0.2) is 4.79 Å². The van der Waals surface area contributed by atoms with E-state index in [9.17, 15) is 19.5 Å². The van der Waals surface area contributed by atoms with E-state index in [2.05, 4.69) is 5.32 Å². The monoisotopic (exact) mass is 318 g/mol. The molecule has 1 atom stereocenters. The standard InChI is InChI=1S/C16H17NO6/c1-3-10-6-15(20)23-13-7-11(4-5-12(10)13)22-9(2)16(21)17-8-14(18)19/h4-7,9H,3,8H2,1-2H3,(H,17,21)(H,18,19)/p-1/t9-/m1/s1. The molecule has 0 fully saturated rings. The predicted octanol–water partition coefficient (Wildman–Crippen LogP) is -0.0112. The quantitative estimate of drug-likeness (QED) is 0.750. The van der Waals surface area contributed by atoms with Gasteiger partial charge in [-0.15, -0.1) is 0 Å². The Labute approximate surface area is 131 Å². The van der Waals surface area contributed by atoms with Crippen LogP contribution >= 0.6 is 0 Å². The molecule has 1 N–H and O–H groups in total. The van der Waals surface area contributed by atoms with Crippen LogP contribution in [0, 0.1) is 0 Å². The number of carboxylic acids is 1. The normalized spacial score (nSPS) is 11.9. The summed E-state index contributed by atoms with van der Waals surface area (Å²) < 4.78 is 10.6. The zero-order valence-corrected chi connectivity index (χ0v) is 12.8. The van der Waals surface area contributed by atoms with Crippen molar-refractivity contribution in [2.75, 3.05) is 6.54 Å². The second-order valence-corrected chi connectivity index (χ2v) is 4.95. The van der Waals surface area contributed by atoms with Gasteiger partial charge in [-0.3, -0.25) is 4.79 Å². The number of carbonyl (C=O) groups excluding carboxylic acids is 2. The Morgan fingerprint density at radius 1 is 1.35 bits per heavy atom. The summed E-state index contributed by atoms with van der Waals surface area (Å²) in [6.07, 6.45) is -0.225. The molecule has 0 bridgehead atoms. The summed E-state index contributed by atoms with van der Waals surface area (Å²) in [6.45, 7) is 2.83. The highest BCUT2D eigenvalue weighted by molar-refractivity contribution is 5.84. The van der Waals surface area contributed by atoms with E-state index in [1.54, 1.807) is 12.1 Å². The molecule has 0 spiro atoms. The van der Waals surface area contributed by atoms with Crippen LogP contribution in [-0.4, -0.2) is 24.5 Å². The van der Waals surface area contributed by atoms with Crippen molar-refractivity contribution in [1.29, 1.82) is 0 Å². The third-order valence-electron chi connectivity index (χ3n) is 3.27. The first kappa shape index (κ1) is 16.5. The van der Waals surface area contributed by atoms with Crippen LogP contribution in [0.1, 0.15) is 19.4 Å². The van der Waals surface area contributed by atoms with Crippen LogP contribution in [0.4, 0.5) is 0 Å². The lowest BCUT2D eigenvalue weighted by atomic mass is 10.1. The van der Waals surface area contributed by atoms with E-state index in [-0.39, 0.29) is 0 Å². The third kappa shape index (κ3) is 4.09. The first-order valence-electron chi connectivity index (χ1n) is 7.11. The molecule has 1 aromatic heterocycles. The number of rotatable bonds is 6. The molecule has 23 heavy (non-hydrogen) atoms. The average Bonchev–Trinajstić information content (AvgIpc) is 2.51. The second-order valence-electron chi connectivity index (χ2n) is 4.95. The Hall–Kier alpha value is -2.83. The molecule has 1 heterocycles.